The Labute approximate surface area is 130 Å². The molecule has 0 aliphatic carbocycles. The van der Waals surface area contributed by atoms with Crippen LogP contribution in [0.3, 0.4) is 0 Å². The standard InChI is InChI=1S/C16H17N3O2S/c1-11-15-8-13(9-18-16(15)10-17-11)12-5-4-6-14(7-12)22(20,21)19(2)3/h4-9H,10H2,1-3H3. The van der Waals surface area contributed by atoms with Gasteiger partial charge in [0.2, 0.25) is 10.0 Å². The molecule has 3 rings (SSSR count). The number of hydrogen-bond donors (Lipinski definition) is 0. The van der Waals surface area contributed by atoms with E-state index in [1.165, 1.54) is 18.4 Å². The van der Waals surface area contributed by atoms with E-state index >= 15 is 0 Å². The van der Waals surface area contributed by atoms with Crippen LogP contribution < -0.4 is 0 Å². The Balaban J connectivity index is 2.08. The smallest absolute Gasteiger partial charge is 0.242 e. The molecule has 0 saturated carbocycles. The van der Waals surface area contributed by atoms with Crippen molar-refractivity contribution < 1.29 is 8.42 Å². The van der Waals surface area contributed by atoms with Crippen molar-refractivity contribution in [3.8, 4) is 11.1 Å². The lowest BCUT2D eigenvalue weighted by Crippen LogP contribution is -2.22. The molecule has 0 atom stereocenters. The van der Waals surface area contributed by atoms with Crippen molar-refractivity contribution in [2.24, 2.45) is 4.99 Å². The molecular weight excluding hydrogens is 298 g/mol. The molecule has 1 aliphatic heterocycles. The Kier molecular flexibility index (Phi) is 3.58. The fourth-order valence-electron chi connectivity index (χ4n) is 2.42. The molecule has 0 N–H and O–H groups in total. The third kappa shape index (κ3) is 2.44. The Hall–Kier alpha value is -2.05. The molecule has 2 heterocycles. The third-order valence-corrected chi connectivity index (χ3v) is 5.58. The molecule has 114 valence electrons. The predicted octanol–water partition coefficient (Wildman–Crippen LogP) is 2.32. The van der Waals surface area contributed by atoms with Crippen LogP contribution in [0, 0.1) is 0 Å². The summed E-state index contributed by atoms with van der Waals surface area (Å²) in [6, 6.07) is 8.95. The number of sulfonamides is 1. The van der Waals surface area contributed by atoms with E-state index in [0.29, 0.717) is 6.54 Å². The summed E-state index contributed by atoms with van der Waals surface area (Å²) in [7, 11) is -0.387. The van der Waals surface area contributed by atoms with Gasteiger partial charge < -0.3 is 0 Å². The van der Waals surface area contributed by atoms with Gasteiger partial charge in [-0.25, -0.2) is 12.7 Å². The molecule has 0 bridgehead atoms. The van der Waals surface area contributed by atoms with Gasteiger partial charge in [-0.2, -0.15) is 0 Å². The Morgan fingerprint density at radius 1 is 1.14 bits per heavy atom. The zero-order valence-corrected chi connectivity index (χ0v) is 13.6. The number of aliphatic imine (C=N–C) groups is 1. The van der Waals surface area contributed by atoms with Crippen molar-refractivity contribution in [2.75, 3.05) is 14.1 Å². The summed E-state index contributed by atoms with van der Waals surface area (Å²) in [5.74, 6) is 0. The molecule has 0 unspecified atom stereocenters. The van der Waals surface area contributed by atoms with E-state index in [2.05, 4.69) is 9.98 Å². The minimum absolute atomic E-state index is 0.279. The molecule has 1 aliphatic rings. The van der Waals surface area contributed by atoms with Crippen molar-refractivity contribution >= 4 is 15.7 Å². The fourth-order valence-corrected chi connectivity index (χ4v) is 3.36. The van der Waals surface area contributed by atoms with Gasteiger partial charge in [0.15, 0.2) is 0 Å². The van der Waals surface area contributed by atoms with E-state index in [9.17, 15) is 8.42 Å². The summed E-state index contributed by atoms with van der Waals surface area (Å²) < 4.78 is 25.7. The van der Waals surface area contributed by atoms with Crippen molar-refractivity contribution in [1.82, 2.24) is 9.29 Å². The number of benzene rings is 1. The number of aromatic nitrogens is 1. The van der Waals surface area contributed by atoms with E-state index in [-0.39, 0.29) is 4.90 Å². The van der Waals surface area contributed by atoms with Gasteiger partial charge in [0.25, 0.3) is 0 Å². The Morgan fingerprint density at radius 3 is 2.64 bits per heavy atom. The predicted molar refractivity (Wildman–Crippen MR) is 86.5 cm³/mol. The van der Waals surface area contributed by atoms with Crippen LogP contribution in [-0.4, -0.2) is 37.5 Å². The summed E-state index contributed by atoms with van der Waals surface area (Å²) >= 11 is 0. The molecule has 1 aromatic carbocycles. The second-order valence-corrected chi connectivity index (χ2v) is 7.59. The molecule has 0 spiro atoms. The maximum atomic E-state index is 12.2. The Bertz CT molecular complexity index is 871. The fraction of sp³-hybridized carbons (Fsp3) is 0.250. The van der Waals surface area contributed by atoms with Crippen molar-refractivity contribution in [1.29, 1.82) is 0 Å². The van der Waals surface area contributed by atoms with Gasteiger partial charge in [-0.15, -0.1) is 0 Å². The van der Waals surface area contributed by atoms with Crippen molar-refractivity contribution in [2.45, 2.75) is 18.4 Å². The minimum atomic E-state index is -3.44. The number of fused-ring (bicyclic) bond motifs is 1. The molecule has 6 heteroatoms. The van der Waals surface area contributed by atoms with Crippen molar-refractivity contribution in [3.63, 3.8) is 0 Å². The highest BCUT2D eigenvalue weighted by Gasteiger charge is 2.18. The van der Waals surface area contributed by atoms with Crippen LogP contribution in [0.25, 0.3) is 11.1 Å². The highest BCUT2D eigenvalue weighted by Crippen LogP contribution is 2.26. The second-order valence-electron chi connectivity index (χ2n) is 5.44. The quantitative estimate of drug-likeness (QED) is 0.873. The van der Waals surface area contributed by atoms with Crippen LogP contribution in [0.15, 0.2) is 46.4 Å². The third-order valence-electron chi connectivity index (χ3n) is 3.77. The maximum absolute atomic E-state index is 12.2. The summed E-state index contributed by atoms with van der Waals surface area (Å²) in [6.45, 7) is 2.58. The molecular formula is C16H17N3O2S. The van der Waals surface area contributed by atoms with Crippen LogP contribution >= 0.6 is 0 Å². The van der Waals surface area contributed by atoms with E-state index in [1.807, 2.05) is 19.1 Å². The molecule has 5 nitrogen and oxygen atoms in total. The first kappa shape index (κ1) is 14.9. The van der Waals surface area contributed by atoms with Gasteiger partial charge >= 0.3 is 0 Å². The molecule has 2 aromatic rings. The topological polar surface area (TPSA) is 62.6 Å². The minimum Gasteiger partial charge on any atom is -0.283 e. The lowest BCUT2D eigenvalue weighted by atomic mass is 10.0. The highest BCUT2D eigenvalue weighted by atomic mass is 32.2. The zero-order chi connectivity index (χ0) is 15.9. The molecule has 0 radical (unpaired) electrons. The SMILES string of the molecule is CC1=NCc2ncc(-c3cccc(S(=O)(=O)N(C)C)c3)cc21. The maximum Gasteiger partial charge on any atom is 0.242 e. The van der Waals surface area contributed by atoms with Crippen LogP contribution in [0.5, 0.6) is 0 Å². The molecule has 0 saturated heterocycles. The van der Waals surface area contributed by atoms with E-state index < -0.39 is 10.0 Å². The van der Waals surface area contributed by atoms with Gasteiger partial charge in [-0.1, -0.05) is 12.1 Å². The molecule has 0 amide bonds. The number of rotatable bonds is 3. The summed E-state index contributed by atoms with van der Waals surface area (Å²) in [5.41, 5.74) is 4.71. The van der Waals surface area contributed by atoms with E-state index in [1.54, 1.807) is 24.4 Å². The van der Waals surface area contributed by atoms with Crippen LogP contribution in [0.2, 0.25) is 0 Å². The first-order valence-corrected chi connectivity index (χ1v) is 8.37. The average molecular weight is 315 g/mol. The van der Waals surface area contributed by atoms with E-state index in [0.717, 1.165) is 28.1 Å². The van der Waals surface area contributed by atoms with Gasteiger partial charge in [-0.05, 0) is 30.7 Å². The van der Waals surface area contributed by atoms with Crippen LogP contribution in [-0.2, 0) is 16.6 Å². The zero-order valence-electron chi connectivity index (χ0n) is 12.7. The van der Waals surface area contributed by atoms with Crippen LogP contribution in [0.4, 0.5) is 0 Å². The normalized spacial score (nSPS) is 14.1. The lowest BCUT2D eigenvalue weighted by Gasteiger charge is -2.12. The molecule has 0 fully saturated rings. The number of pyridine rings is 1. The summed E-state index contributed by atoms with van der Waals surface area (Å²) in [5, 5.41) is 0. The van der Waals surface area contributed by atoms with Gasteiger partial charge in [-0.3, -0.25) is 9.98 Å². The summed E-state index contributed by atoms with van der Waals surface area (Å²) in [6.07, 6.45) is 1.77. The lowest BCUT2D eigenvalue weighted by molar-refractivity contribution is 0.521. The first-order chi connectivity index (χ1) is 10.4. The van der Waals surface area contributed by atoms with E-state index in [4.69, 9.17) is 0 Å². The van der Waals surface area contributed by atoms with Crippen LogP contribution in [0.1, 0.15) is 18.2 Å². The molecule has 1 aromatic heterocycles. The van der Waals surface area contributed by atoms with Crippen molar-refractivity contribution in [3.05, 3.63) is 47.8 Å². The number of hydrogen-bond acceptors (Lipinski definition) is 4. The summed E-state index contributed by atoms with van der Waals surface area (Å²) in [4.78, 5) is 9.09. The van der Waals surface area contributed by atoms with Gasteiger partial charge in [0.05, 0.1) is 17.1 Å². The Morgan fingerprint density at radius 2 is 1.91 bits per heavy atom. The largest absolute Gasteiger partial charge is 0.283 e. The molecule has 22 heavy (non-hydrogen) atoms. The van der Waals surface area contributed by atoms with Gasteiger partial charge in [0, 0.05) is 37.1 Å². The van der Waals surface area contributed by atoms with Gasteiger partial charge in [0.1, 0.15) is 0 Å². The second kappa shape index (κ2) is 5.30. The number of nitrogens with zero attached hydrogens (tertiary/aromatic N) is 3. The average Bonchev–Trinajstić information content (AvgIpc) is 2.88. The first-order valence-electron chi connectivity index (χ1n) is 6.93. The highest BCUT2D eigenvalue weighted by molar-refractivity contribution is 7.89. The monoisotopic (exact) mass is 315 g/mol.